The standard InChI is InChI=1S/C26H25F4N7O2/c1-4-9-37-24(36-18-11-15(26(28,29)30)6-7-16(18)25(37)38)13(2)35-23-20(22(32)33-12-34-23)21(31)14-5-8-19(39-3)17(27)10-14/h5-8,10-13,31H,4,9H2,1-3H3,(H3,32,33,34,35). The Bertz CT molecular complexity index is 1620. The minimum Gasteiger partial charge on any atom is -0.494 e. The van der Waals surface area contributed by atoms with Crippen molar-refractivity contribution in [2.75, 3.05) is 18.2 Å². The van der Waals surface area contributed by atoms with E-state index in [1.807, 2.05) is 6.92 Å². The van der Waals surface area contributed by atoms with Gasteiger partial charge in [0.05, 0.1) is 40.9 Å². The van der Waals surface area contributed by atoms with Crippen molar-refractivity contribution in [3.05, 3.63) is 81.4 Å². The highest BCUT2D eigenvalue weighted by atomic mass is 19.4. The van der Waals surface area contributed by atoms with Gasteiger partial charge in [0.25, 0.3) is 5.56 Å². The zero-order valence-corrected chi connectivity index (χ0v) is 21.2. The summed E-state index contributed by atoms with van der Waals surface area (Å²) in [5, 5.41) is 11.8. The van der Waals surface area contributed by atoms with E-state index >= 15 is 0 Å². The maximum Gasteiger partial charge on any atom is 0.416 e. The minimum atomic E-state index is -4.60. The van der Waals surface area contributed by atoms with Crippen LogP contribution >= 0.6 is 0 Å². The maximum atomic E-state index is 14.3. The summed E-state index contributed by atoms with van der Waals surface area (Å²) in [7, 11) is 1.32. The predicted octanol–water partition coefficient (Wildman–Crippen LogP) is 4.93. The van der Waals surface area contributed by atoms with Gasteiger partial charge < -0.3 is 15.8 Å². The Morgan fingerprint density at radius 2 is 1.95 bits per heavy atom. The van der Waals surface area contributed by atoms with Crippen LogP contribution in [-0.4, -0.2) is 32.3 Å². The average molecular weight is 544 g/mol. The summed E-state index contributed by atoms with van der Waals surface area (Å²) in [6, 6.07) is 6.01. The fourth-order valence-corrected chi connectivity index (χ4v) is 4.18. The van der Waals surface area contributed by atoms with Crippen LogP contribution in [0.15, 0.2) is 47.5 Å². The molecule has 2 heterocycles. The zero-order valence-electron chi connectivity index (χ0n) is 21.2. The first-order chi connectivity index (χ1) is 18.5. The summed E-state index contributed by atoms with van der Waals surface area (Å²) >= 11 is 0. The van der Waals surface area contributed by atoms with Crippen molar-refractivity contribution in [1.29, 1.82) is 5.41 Å². The molecular formula is C26H25F4N7O2. The minimum absolute atomic E-state index is 0.000703. The van der Waals surface area contributed by atoms with Crippen molar-refractivity contribution in [2.24, 2.45) is 0 Å². The number of halogens is 4. The molecule has 4 aromatic rings. The van der Waals surface area contributed by atoms with Gasteiger partial charge in [-0.3, -0.25) is 14.8 Å². The molecule has 9 nitrogen and oxygen atoms in total. The van der Waals surface area contributed by atoms with Crippen LogP contribution in [0.1, 0.15) is 48.8 Å². The van der Waals surface area contributed by atoms with Crippen LogP contribution < -0.4 is 21.3 Å². The Hall–Kier alpha value is -4.55. The van der Waals surface area contributed by atoms with E-state index in [-0.39, 0.29) is 57.5 Å². The average Bonchev–Trinajstić information content (AvgIpc) is 2.89. The molecule has 39 heavy (non-hydrogen) atoms. The highest BCUT2D eigenvalue weighted by molar-refractivity contribution is 6.16. The van der Waals surface area contributed by atoms with Gasteiger partial charge >= 0.3 is 6.18 Å². The highest BCUT2D eigenvalue weighted by Gasteiger charge is 2.31. The van der Waals surface area contributed by atoms with Gasteiger partial charge in [0.1, 0.15) is 23.8 Å². The number of benzene rings is 2. The number of nitrogen functional groups attached to an aromatic ring is 1. The second-order valence-electron chi connectivity index (χ2n) is 8.73. The highest BCUT2D eigenvalue weighted by Crippen LogP contribution is 2.31. The van der Waals surface area contributed by atoms with Crippen LogP contribution in [0.3, 0.4) is 0 Å². The first kappa shape index (κ1) is 27.5. The van der Waals surface area contributed by atoms with Crippen LogP contribution in [0.4, 0.5) is 29.2 Å². The van der Waals surface area contributed by atoms with Crippen LogP contribution in [-0.2, 0) is 12.7 Å². The number of fused-ring (bicyclic) bond motifs is 1. The largest absolute Gasteiger partial charge is 0.494 e. The second kappa shape index (κ2) is 10.7. The zero-order chi connectivity index (χ0) is 28.5. The van der Waals surface area contributed by atoms with E-state index in [2.05, 4.69) is 20.3 Å². The number of aromatic nitrogens is 4. The summed E-state index contributed by atoms with van der Waals surface area (Å²) in [6.45, 7) is 3.76. The number of nitrogens with zero attached hydrogens (tertiary/aromatic N) is 4. The Labute approximate surface area is 220 Å². The first-order valence-corrected chi connectivity index (χ1v) is 11.9. The van der Waals surface area contributed by atoms with Crippen molar-refractivity contribution < 1.29 is 22.3 Å². The molecule has 1 atom stereocenters. The lowest BCUT2D eigenvalue weighted by atomic mass is 10.0. The molecule has 0 saturated heterocycles. The molecular weight excluding hydrogens is 518 g/mol. The number of alkyl halides is 3. The molecule has 2 aromatic heterocycles. The number of rotatable bonds is 8. The van der Waals surface area contributed by atoms with E-state index in [4.69, 9.17) is 15.9 Å². The second-order valence-corrected chi connectivity index (χ2v) is 8.73. The van der Waals surface area contributed by atoms with E-state index in [0.717, 1.165) is 24.3 Å². The molecule has 2 aromatic carbocycles. The van der Waals surface area contributed by atoms with Crippen LogP contribution in [0, 0.1) is 11.2 Å². The Morgan fingerprint density at radius 1 is 1.21 bits per heavy atom. The van der Waals surface area contributed by atoms with Gasteiger partial charge in [0, 0.05) is 12.1 Å². The lowest BCUT2D eigenvalue weighted by molar-refractivity contribution is -0.137. The number of nitrogens with two attached hydrogens (primary N) is 1. The van der Waals surface area contributed by atoms with Gasteiger partial charge in [0.2, 0.25) is 0 Å². The normalized spacial score (nSPS) is 12.4. The summed E-state index contributed by atoms with van der Waals surface area (Å²) < 4.78 is 60.6. The number of hydrogen-bond donors (Lipinski definition) is 3. The van der Waals surface area contributed by atoms with Crippen molar-refractivity contribution in [3.63, 3.8) is 0 Å². The number of nitrogens with one attached hydrogen (secondary N) is 2. The molecule has 4 rings (SSSR count). The van der Waals surface area contributed by atoms with Gasteiger partial charge in [-0.2, -0.15) is 13.2 Å². The smallest absolute Gasteiger partial charge is 0.416 e. The molecule has 0 radical (unpaired) electrons. The van der Waals surface area contributed by atoms with E-state index in [1.54, 1.807) is 6.92 Å². The molecule has 0 bridgehead atoms. The summed E-state index contributed by atoms with van der Waals surface area (Å²) in [4.78, 5) is 25.8. The van der Waals surface area contributed by atoms with Gasteiger partial charge in [-0.05, 0) is 49.7 Å². The molecule has 1 unspecified atom stereocenters. The van der Waals surface area contributed by atoms with Crippen molar-refractivity contribution >= 4 is 28.3 Å². The van der Waals surface area contributed by atoms with Crippen molar-refractivity contribution in [3.8, 4) is 5.75 Å². The van der Waals surface area contributed by atoms with Crippen LogP contribution in [0.25, 0.3) is 10.9 Å². The third kappa shape index (κ3) is 5.38. The van der Waals surface area contributed by atoms with Gasteiger partial charge in [-0.25, -0.2) is 19.3 Å². The maximum absolute atomic E-state index is 14.3. The molecule has 204 valence electrons. The number of ether oxygens (including phenoxy) is 1. The van der Waals surface area contributed by atoms with E-state index in [9.17, 15) is 22.4 Å². The summed E-state index contributed by atoms with van der Waals surface area (Å²) in [5.74, 6) is -0.481. The monoisotopic (exact) mass is 543 g/mol. The fourth-order valence-electron chi connectivity index (χ4n) is 4.18. The Morgan fingerprint density at radius 3 is 2.59 bits per heavy atom. The predicted molar refractivity (Wildman–Crippen MR) is 139 cm³/mol. The summed E-state index contributed by atoms with van der Waals surface area (Å²) in [5.41, 5.74) is 4.63. The molecule has 0 aliphatic rings. The summed E-state index contributed by atoms with van der Waals surface area (Å²) in [6.07, 6.45) is -2.88. The molecule has 0 spiro atoms. The van der Waals surface area contributed by atoms with Crippen LogP contribution in [0.2, 0.25) is 0 Å². The van der Waals surface area contributed by atoms with E-state index in [1.165, 1.54) is 30.1 Å². The fraction of sp³-hybridized carbons (Fsp3) is 0.269. The topological polar surface area (TPSA) is 132 Å². The quantitative estimate of drug-likeness (QED) is 0.212. The van der Waals surface area contributed by atoms with Crippen molar-refractivity contribution in [1.82, 2.24) is 19.5 Å². The molecule has 0 aliphatic carbocycles. The van der Waals surface area contributed by atoms with Crippen molar-refractivity contribution in [2.45, 2.75) is 39.0 Å². The SMILES string of the molecule is CCCn1c(C(C)Nc2ncnc(N)c2C(=N)c2ccc(OC)c(F)c2)nc2cc(C(F)(F)F)ccc2c1=O. The number of hydrogen-bond acceptors (Lipinski definition) is 8. The third-order valence-electron chi connectivity index (χ3n) is 6.07. The molecule has 4 N–H and O–H groups in total. The van der Waals surface area contributed by atoms with Gasteiger partial charge in [0.15, 0.2) is 11.6 Å². The molecule has 0 saturated carbocycles. The molecule has 0 fully saturated rings. The van der Waals surface area contributed by atoms with Gasteiger partial charge in [-0.1, -0.05) is 6.92 Å². The third-order valence-corrected chi connectivity index (χ3v) is 6.07. The lowest BCUT2D eigenvalue weighted by Gasteiger charge is -2.22. The first-order valence-electron chi connectivity index (χ1n) is 11.9. The molecule has 0 amide bonds. The molecule has 0 aliphatic heterocycles. The van der Waals surface area contributed by atoms with E-state index in [0.29, 0.717) is 6.42 Å². The lowest BCUT2D eigenvalue weighted by Crippen LogP contribution is -2.29. The number of anilines is 2. The van der Waals surface area contributed by atoms with E-state index < -0.39 is 29.2 Å². The number of methoxy groups -OCH3 is 1. The Kier molecular flexibility index (Phi) is 7.52. The molecule has 13 heteroatoms. The van der Waals surface area contributed by atoms with Crippen LogP contribution in [0.5, 0.6) is 5.75 Å². The van der Waals surface area contributed by atoms with Gasteiger partial charge in [-0.15, -0.1) is 0 Å². The Balaban J connectivity index is 1.79.